The largest absolute Gasteiger partial charge is 0.519 e. The van der Waals surface area contributed by atoms with E-state index >= 15 is 0 Å². The first-order valence-corrected chi connectivity index (χ1v) is 10.5. The van der Waals surface area contributed by atoms with Crippen molar-refractivity contribution in [2.45, 2.75) is 0 Å². The molecular formula is C29H18O3. The molecule has 6 aromatic carbocycles. The van der Waals surface area contributed by atoms with Crippen LogP contribution in [-0.2, 0) is 0 Å². The molecule has 0 atom stereocenters. The van der Waals surface area contributed by atoms with Crippen LogP contribution in [0.4, 0.5) is 4.79 Å². The number of carbonyl (C=O) groups is 1. The Labute approximate surface area is 184 Å². The van der Waals surface area contributed by atoms with E-state index in [1.54, 1.807) is 12.1 Å². The van der Waals surface area contributed by atoms with Gasteiger partial charge in [-0.25, -0.2) is 4.79 Å². The molecule has 3 nitrogen and oxygen atoms in total. The van der Waals surface area contributed by atoms with Crippen molar-refractivity contribution in [3.63, 3.8) is 0 Å². The van der Waals surface area contributed by atoms with E-state index in [1.807, 2.05) is 72.8 Å². The molecule has 0 radical (unpaired) electrons. The summed E-state index contributed by atoms with van der Waals surface area (Å²) in [7, 11) is 0. The summed E-state index contributed by atoms with van der Waals surface area (Å²) in [4.78, 5) is 12.8. The molecule has 6 aromatic rings. The first kappa shape index (κ1) is 18.4. The predicted octanol–water partition coefficient (Wildman–Crippen LogP) is 7.88. The molecular weight excluding hydrogens is 396 g/mol. The molecule has 0 spiro atoms. The van der Waals surface area contributed by atoms with Crippen LogP contribution >= 0.6 is 0 Å². The van der Waals surface area contributed by atoms with Crippen LogP contribution in [0.5, 0.6) is 11.5 Å². The molecule has 0 fully saturated rings. The van der Waals surface area contributed by atoms with Crippen molar-refractivity contribution in [3.8, 4) is 11.5 Å². The first-order valence-electron chi connectivity index (χ1n) is 10.5. The van der Waals surface area contributed by atoms with E-state index in [0.717, 1.165) is 43.1 Å². The van der Waals surface area contributed by atoms with Gasteiger partial charge in [0.2, 0.25) is 0 Å². The summed E-state index contributed by atoms with van der Waals surface area (Å²) in [6, 6.07) is 35.8. The number of rotatable bonds is 2. The molecule has 0 saturated carbocycles. The van der Waals surface area contributed by atoms with Crippen LogP contribution in [0.3, 0.4) is 0 Å². The van der Waals surface area contributed by atoms with Gasteiger partial charge in [-0.05, 0) is 56.6 Å². The third-order valence-electron chi connectivity index (χ3n) is 5.88. The summed E-state index contributed by atoms with van der Waals surface area (Å²) in [6.07, 6.45) is -0.758. The van der Waals surface area contributed by atoms with Crippen molar-refractivity contribution in [1.29, 1.82) is 0 Å². The molecule has 0 heterocycles. The molecule has 3 heteroatoms. The van der Waals surface area contributed by atoms with Gasteiger partial charge in [0.15, 0.2) is 0 Å². The number of fused-ring (bicyclic) bond motifs is 6. The van der Waals surface area contributed by atoms with E-state index in [4.69, 9.17) is 9.47 Å². The maximum atomic E-state index is 12.8. The molecule has 0 N–H and O–H groups in total. The minimum Gasteiger partial charge on any atom is -0.394 e. The van der Waals surface area contributed by atoms with Gasteiger partial charge in [-0.2, -0.15) is 0 Å². The normalized spacial score (nSPS) is 11.2. The minimum absolute atomic E-state index is 0.476. The lowest BCUT2D eigenvalue weighted by Crippen LogP contribution is -2.14. The quantitative estimate of drug-likeness (QED) is 0.164. The second-order valence-corrected chi connectivity index (χ2v) is 7.73. The fourth-order valence-corrected chi connectivity index (χ4v) is 4.40. The maximum Gasteiger partial charge on any atom is 0.519 e. The Morgan fingerprint density at radius 2 is 0.844 bits per heavy atom. The fraction of sp³-hybridized carbons (Fsp3) is 0. The van der Waals surface area contributed by atoms with Gasteiger partial charge in [-0.3, -0.25) is 0 Å². The molecule has 0 aliphatic rings. The van der Waals surface area contributed by atoms with E-state index in [-0.39, 0.29) is 0 Å². The zero-order valence-corrected chi connectivity index (χ0v) is 17.1. The number of ether oxygens (including phenoxy) is 2. The molecule has 0 aliphatic heterocycles. The second kappa shape index (κ2) is 7.40. The lowest BCUT2D eigenvalue weighted by atomic mass is 10.0. The average Bonchev–Trinajstić information content (AvgIpc) is 2.84. The highest BCUT2D eigenvalue weighted by molar-refractivity contribution is 6.10. The molecule has 0 amide bonds. The zero-order valence-electron chi connectivity index (χ0n) is 17.1. The highest BCUT2D eigenvalue weighted by atomic mass is 16.7. The van der Waals surface area contributed by atoms with Crippen LogP contribution in [0.1, 0.15) is 0 Å². The van der Waals surface area contributed by atoms with Crippen LogP contribution in [0.25, 0.3) is 43.1 Å². The number of benzene rings is 6. The van der Waals surface area contributed by atoms with E-state index in [2.05, 4.69) is 24.3 Å². The van der Waals surface area contributed by atoms with Gasteiger partial charge in [0, 0.05) is 10.8 Å². The van der Waals surface area contributed by atoms with Gasteiger partial charge in [0.05, 0.1) is 0 Å². The number of hydrogen-bond acceptors (Lipinski definition) is 3. The summed E-state index contributed by atoms with van der Waals surface area (Å²) < 4.78 is 11.3. The van der Waals surface area contributed by atoms with Crippen LogP contribution in [0, 0.1) is 0 Å². The summed E-state index contributed by atoms with van der Waals surface area (Å²) in [6.45, 7) is 0. The summed E-state index contributed by atoms with van der Waals surface area (Å²) in [5, 5.41) is 8.31. The third-order valence-corrected chi connectivity index (χ3v) is 5.88. The van der Waals surface area contributed by atoms with Crippen molar-refractivity contribution in [3.05, 3.63) is 109 Å². The predicted molar refractivity (Wildman–Crippen MR) is 130 cm³/mol. The SMILES string of the molecule is O=C(Oc1cccc2c1ccc1ccccc12)Oc1cccc2c1ccc1ccccc12. The lowest BCUT2D eigenvalue weighted by molar-refractivity contribution is 0.153. The van der Waals surface area contributed by atoms with E-state index in [1.165, 1.54) is 0 Å². The Morgan fingerprint density at radius 1 is 0.406 bits per heavy atom. The van der Waals surface area contributed by atoms with Gasteiger partial charge in [-0.15, -0.1) is 0 Å². The summed E-state index contributed by atoms with van der Waals surface area (Å²) in [5.41, 5.74) is 0. The van der Waals surface area contributed by atoms with Crippen molar-refractivity contribution < 1.29 is 14.3 Å². The monoisotopic (exact) mass is 414 g/mol. The topological polar surface area (TPSA) is 35.5 Å². The standard InChI is InChI=1S/C29H18O3/c30-29(31-27-13-5-11-23-21-9-3-1-7-19(21)15-17-25(23)27)32-28-14-6-12-24-22-10-4-2-8-20(22)16-18-26(24)28/h1-18H. The van der Waals surface area contributed by atoms with Crippen LogP contribution < -0.4 is 9.47 Å². The van der Waals surface area contributed by atoms with E-state index < -0.39 is 6.16 Å². The van der Waals surface area contributed by atoms with Crippen molar-refractivity contribution in [2.75, 3.05) is 0 Å². The second-order valence-electron chi connectivity index (χ2n) is 7.73. The van der Waals surface area contributed by atoms with Crippen molar-refractivity contribution in [2.24, 2.45) is 0 Å². The maximum absolute atomic E-state index is 12.8. The van der Waals surface area contributed by atoms with Gasteiger partial charge < -0.3 is 9.47 Å². The third kappa shape index (κ3) is 3.03. The Bertz CT molecular complexity index is 1530. The van der Waals surface area contributed by atoms with Gasteiger partial charge >= 0.3 is 6.16 Å². The van der Waals surface area contributed by atoms with E-state index in [9.17, 15) is 4.79 Å². The Kier molecular flexibility index (Phi) is 4.25. The number of carbonyl (C=O) groups excluding carboxylic acids is 1. The van der Waals surface area contributed by atoms with E-state index in [0.29, 0.717) is 11.5 Å². The van der Waals surface area contributed by atoms with Gasteiger partial charge in [0.25, 0.3) is 0 Å². The van der Waals surface area contributed by atoms with Crippen LogP contribution in [-0.4, -0.2) is 6.16 Å². The fourth-order valence-electron chi connectivity index (χ4n) is 4.40. The highest BCUT2D eigenvalue weighted by Crippen LogP contribution is 2.34. The molecule has 0 aliphatic carbocycles. The van der Waals surface area contributed by atoms with Crippen LogP contribution in [0.2, 0.25) is 0 Å². The molecule has 0 bridgehead atoms. The van der Waals surface area contributed by atoms with Crippen molar-refractivity contribution in [1.82, 2.24) is 0 Å². The molecule has 152 valence electrons. The van der Waals surface area contributed by atoms with Crippen molar-refractivity contribution >= 4 is 49.2 Å². The molecule has 0 saturated heterocycles. The summed E-state index contributed by atoms with van der Waals surface area (Å²) >= 11 is 0. The Hall–Kier alpha value is -4.37. The zero-order chi connectivity index (χ0) is 21.5. The van der Waals surface area contributed by atoms with Crippen LogP contribution in [0.15, 0.2) is 109 Å². The lowest BCUT2D eigenvalue weighted by Gasteiger charge is -2.12. The molecule has 6 rings (SSSR count). The Balaban J connectivity index is 1.36. The molecule has 0 aromatic heterocycles. The smallest absolute Gasteiger partial charge is 0.394 e. The molecule has 32 heavy (non-hydrogen) atoms. The van der Waals surface area contributed by atoms with Gasteiger partial charge in [-0.1, -0.05) is 84.9 Å². The average molecular weight is 414 g/mol. The summed E-state index contributed by atoms with van der Waals surface area (Å²) in [5.74, 6) is 0.952. The molecule has 0 unspecified atom stereocenters. The number of hydrogen-bond donors (Lipinski definition) is 0. The first-order chi connectivity index (χ1) is 15.8. The Morgan fingerprint density at radius 3 is 1.34 bits per heavy atom. The van der Waals surface area contributed by atoms with Gasteiger partial charge in [0.1, 0.15) is 11.5 Å². The minimum atomic E-state index is -0.758. The highest BCUT2D eigenvalue weighted by Gasteiger charge is 2.14.